The Morgan fingerprint density at radius 3 is 2.67 bits per heavy atom. The van der Waals surface area contributed by atoms with Gasteiger partial charge in [-0.15, -0.1) is 0 Å². The molecule has 3 rings (SSSR count). The molecule has 0 saturated heterocycles. The summed E-state index contributed by atoms with van der Waals surface area (Å²) in [6, 6.07) is 9.43. The molecule has 1 aromatic rings. The number of dihydropyridines is 1. The van der Waals surface area contributed by atoms with Crippen LogP contribution >= 0.6 is 0 Å². The first-order valence-electron chi connectivity index (χ1n) is 5.73. The number of aliphatic hydroxyl groups is 1. The first-order chi connectivity index (χ1) is 8.77. The lowest BCUT2D eigenvalue weighted by Gasteiger charge is -2.23. The molecule has 0 radical (unpaired) electrons. The van der Waals surface area contributed by atoms with Crippen LogP contribution in [0.1, 0.15) is 5.56 Å². The van der Waals surface area contributed by atoms with Gasteiger partial charge in [-0.05, 0) is 11.6 Å². The number of rotatable bonds is 1. The van der Waals surface area contributed by atoms with Gasteiger partial charge in [0.15, 0.2) is 5.76 Å². The Morgan fingerprint density at radius 2 is 1.89 bits per heavy atom. The molecule has 0 spiro atoms. The zero-order valence-electron chi connectivity index (χ0n) is 9.58. The van der Waals surface area contributed by atoms with Crippen molar-refractivity contribution >= 4 is 17.2 Å². The molecule has 1 unspecified atom stereocenters. The molecule has 3 heteroatoms. The smallest absolute Gasteiger partial charge is 0.312 e. The molecule has 1 aromatic carbocycles. The third kappa shape index (κ3) is 1.61. The van der Waals surface area contributed by atoms with Crippen molar-refractivity contribution in [2.45, 2.75) is 0 Å². The Balaban J connectivity index is 2.17. The number of aliphatic hydroxyl groups excluding tert-OH is 1. The lowest BCUT2D eigenvalue weighted by Crippen LogP contribution is -2.23. The molecular formula is C15H11NO2. The van der Waals surface area contributed by atoms with Gasteiger partial charge in [0, 0.05) is 11.5 Å². The monoisotopic (exact) mass is 237 g/mol. The summed E-state index contributed by atoms with van der Waals surface area (Å²) in [6.07, 6.45) is 7.48. The predicted molar refractivity (Wildman–Crippen MR) is 70.2 cm³/mol. The molecule has 3 nitrogen and oxygen atoms in total. The molecule has 1 aliphatic carbocycles. The average Bonchev–Trinajstić information content (AvgIpc) is 2.41. The van der Waals surface area contributed by atoms with Crippen molar-refractivity contribution in [3.05, 3.63) is 66.0 Å². The Hall–Kier alpha value is -2.42. The molecule has 18 heavy (non-hydrogen) atoms. The van der Waals surface area contributed by atoms with E-state index in [1.807, 2.05) is 48.6 Å². The first kappa shape index (κ1) is 10.7. The van der Waals surface area contributed by atoms with Crippen LogP contribution in [0, 0.1) is 5.92 Å². The molecule has 0 saturated carbocycles. The van der Waals surface area contributed by atoms with Crippen molar-refractivity contribution in [2.24, 2.45) is 10.9 Å². The number of amides is 1. The number of hydrogen-bond acceptors (Lipinski definition) is 2. The van der Waals surface area contributed by atoms with Gasteiger partial charge in [0.05, 0.1) is 5.71 Å². The SMILES string of the molecule is O=C1N=C2C=CC=CC2C(c2ccccc2)=C1O. The van der Waals surface area contributed by atoms with Crippen LogP contribution in [0.3, 0.4) is 0 Å². The molecular weight excluding hydrogens is 226 g/mol. The number of benzene rings is 1. The van der Waals surface area contributed by atoms with Crippen LogP contribution < -0.4 is 0 Å². The molecule has 88 valence electrons. The largest absolute Gasteiger partial charge is 0.503 e. The minimum Gasteiger partial charge on any atom is -0.503 e. The highest BCUT2D eigenvalue weighted by Crippen LogP contribution is 2.33. The van der Waals surface area contributed by atoms with Crippen LogP contribution in [0.25, 0.3) is 5.57 Å². The number of carbonyl (C=O) groups is 1. The van der Waals surface area contributed by atoms with E-state index in [1.165, 1.54) is 0 Å². The van der Waals surface area contributed by atoms with Gasteiger partial charge in [-0.1, -0.05) is 48.6 Å². The number of allylic oxidation sites excluding steroid dienone is 5. The van der Waals surface area contributed by atoms with Crippen molar-refractivity contribution in [1.82, 2.24) is 0 Å². The molecule has 1 N–H and O–H groups in total. The summed E-state index contributed by atoms with van der Waals surface area (Å²) >= 11 is 0. The van der Waals surface area contributed by atoms with E-state index in [2.05, 4.69) is 4.99 Å². The van der Waals surface area contributed by atoms with Crippen LogP contribution in [0.2, 0.25) is 0 Å². The standard InChI is InChI=1S/C15H11NO2/c17-14-13(10-6-2-1-3-7-10)11-8-4-5-9-12(11)16-15(14)18/h1-9,11,17H. The Kier molecular flexibility index (Phi) is 2.45. The van der Waals surface area contributed by atoms with Gasteiger partial charge in [-0.2, -0.15) is 0 Å². The summed E-state index contributed by atoms with van der Waals surface area (Å²) < 4.78 is 0. The fourth-order valence-electron chi connectivity index (χ4n) is 2.25. The summed E-state index contributed by atoms with van der Waals surface area (Å²) in [7, 11) is 0. The van der Waals surface area contributed by atoms with E-state index in [9.17, 15) is 9.90 Å². The van der Waals surface area contributed by atoms with E-state index in [1.54, 1.807) is 6.08 Å². The molecule has 2 aliphatic rings. The maximum absolute atomic E-state index is 11.7. The van der Waals surface area contributed by atoms with Gasteiger partial charge in [0.25, 0.3) is 0 Å². The summed E-state index contributed by atoms with van der Waals surface area (Å²) in [4.78, 5) is 15.6. The number of nitrogens with zero attached hydrogens (tertiary/aromatic N) is 1. The summed E-state index contributed by atoms with van der Waals surface area (Å²) in [5, 5.41) is 9.99. The van der Waals surface area contributed by atoms with Gasteiger partial charge in [-0.25, -0.2) is 4.99 Å². The predicted octanol–water partition coefficient (Wildman–Crippen LogP) is 2.68. The van der Waals surface area contributed by atoms with Crippen molar-refractivity contribution in [3.8, 4) is 0 Å². The molecule has 1 amide bonds. The second-order valence-corrected chi connectivity index (χ2v) is 4.19. The lowest BCUT2D eigenvalue weighted by atomic mass is 9.83. The van der Waals surface area contributed by atoms with Crippen LogP contribution in [-0.4, -0.2) is 16.7 Å². The van der Waals surface area contributed by atoms with Gasteiger partial charge >= 0.3 is 5.91 Å². The van der Waals surface area contributed by atoms with Crippen molar-refractivity contribution in [1.29, 1.82) is 0 Å². The van der Waals surface area contributed by atoms with Crippen molar-refractivity contribution < 1.29 is 9.90 Å². The van der Waals surface area contributed by atoms with E-state index in [4.69, 9.17) is 0 Å². The second kappa shape index (κ2) is 4.11. The number of hydrogen-bond donors (Lipinski definition) is 1. The first-order valence-corrected chi connectivity index (χ1v) is 5.73. The molecule has 0 fully saturated rings. The minimum atomic E-state index is -0.569. The summed E-state index contributed by atoms with van der Waals surface area (Å²) in [6.45, 7) is 0. The highest BCUT2D eigenvalue weighted by Gasteiger charge is 2.30. The molecule has 1 atom stereocenters. The zero-order valence-corrected chi connectivity index (χ0v) is 9.58. The Morgan fingerprint density at radius 1 is 1.11 bits per heavy atom. The van der Waals surface area contributed by atoms with Crippen LogP contribution in [0.5, 0.6) is 0 Å². The molecule has 0 bridgehead atoms. The fourth-order valence-corrected chi connectivity index (χ4v) is 2.25. The van der Waals surface area contributed by atoms with E-state index in [0.29, 0.717) is 11.3 Å². The van der Waals surface area contributed by atoms with Gasteiger partial charge in [0.1, 0.15) is 0 Å². The number of carbonyl (C=O) groups excluding carboxylic acids is 1. The van der Waals surface area contributed by atoms with E-state index >= 15 is 0 Å². The highest BCUT2D eigenvalue weighted by atomic mass is 16.3. The second-order valence-electron chi connectivity index (χ2n) is 4.19. The van der Waals surface area contributed by atoms with E-state index in [-0.39, 0.29) is 11.7 Å². The van der Waals surface area contributed by atoms with E-state index < -0.39 is 5.91 Å². The quantitative estimate of drug-likeness (QED) is 0.816. The minimum absolute atomic E-state index is 0.143. The Bertz CT molecular complexity index is 621. The lowest BCUT2D eigenvalue weighted by molar-refractivity contribution is -0.116. The average molecular weight is 237 g/mol. The zero-order chi connectivity index (χ0) is 12.5. The Labute approximate surface area is 104 Å². The maximum Gasteiger partial charge on any atom is 0.312 e. The van der Waals surface area contributed by atoms with Gasteiger partial charge in [0.2, 0.25) is 0 Å². The summed E-state index contributed by atoms with van der Waals surface area (Å²) in [5.41, 5.74) is 2.16. The van der Waals surface area contributed by atoms with Crippen LogP contribution in [0.15, 0.2) is 65.4 Å². The normalized spacial score (nSPS) is 21.9. The fraction of sp³-hybridized carbons (Fsp3) is 0.0667. The van der Waals surface area contributed by atoms with Crippen LogP contribution in [0.4, 0.5) is 0 Å². The van der Waals surface area contributed by atoms with Gasteiger partial charge in [-0.3, -0.25) is 4.79 Å². The van der Waals surface area contributed by atoms with Gasteiger partial charge < -0.3 is 5.11 Å². The summed E-state index contributed by atoms with van der Waals surface area (Å²) in [5.74, 6) is -0.968. The van der Waals surface area contributed by atoms with E-state index in [0.717, 1.165) is 5.56 Å². The number of fused-ring (bicyclic) bond motifs is 1. The topological polar surface area (TPSA) is 49.7 Å². The van der Waals surface area contributed by atoms with Crippen molar-refractivity contribution in [2.75, 3.05) is 0 Å². The van der Waals surface area contributed by atoms with Crippen LogP contribution in [-0.2, 0) is 4.79 Å². The molecule has 1 heterocycles. The molecule has 0 aromatic heterocycles. The molecule has 1 aliphatic heterocycles. The third-order valence-corrected chi connectivity index (χ3v) is 3.08. The maximum atomic E-state index is 11.7. The van der Waals surface area contributed by atoms with Crippen molar-refractivity contribution in [3.63, 3.8) is 0 Å². The third-order valence-electron chi connectivity index (χ3n) is 3.08. The highest BCUT2D eigenvalue weighted by molar-refractivity contribution is 6.19. The number of aliphatic imine (C=N–C) groups is 1.